The number of nitrogens with one attached hydrogen (secondary N) is 1. The Bertz CT molecular complexity index is 1910. The zero-order valence-electron chi connectivity index (χ0n) is 28.1. The first-order valence-electron chi connectivity index (χ1n) is 16.8. The number of hydrogen-bond donors (Lipinski definition) is 7. The van der Waals surface area contributed by atoms with Crippen molar-refractivity contribution in [2.45, 2.75) is 68.7 Å². The highest BCUT2D eigenvalue weighted by atomic mass is 35.5. The van der Waals surface area contributed by atoms with Crippen LogP contribution in [0.3, 0.4) is 0 Å². The molecule has 3 aromatic carbocycles. The topological polar surface area (TPSA) is 211 Å². The van der Waals surface area contributed by atoms with Gasteiger partial charge >= 0.3 is 0 Å². The Balaban J connectivity index is 1.10. The fraction of sp³-hybridized carbons (Fsp3) is 0.351. The first-order valence-corrected chi connectivity index (χ1v) is 17.1. The van der Waals surface area contributed by atoms with E-state index in [-0.39, 0.29) is 19.1 Å². The summed E-state index contributed by atoms with van der Waals surface area (Å²) in [7, 11) is 0. The van der Waals surface area contributed by atoms with E-state index in [0.717, 1.165) is 5.56 Å². The summed E-state index contributed by atoms with van der Waals surface area (Å²) in [5, 5.41) is 72.8. The van der Waals surface area contributed by atoms with Crippen LogP contribution in [0.15, 0.2) is 91.1 Å². The molecule has 7 N–H and O–H groups in total. The second-order valence-electron chi connectivity index (χ2n) is 13.0. The lowest BCUT2D eigenvalue weighted by molar-refractivity contribution is -0.274. The van der Waals surface area contributed by atoms with Gasteiger partial charge in [0.1, 0.15) is 18.3 Å². The lowest BCUT2D eigenvalue weighted by Crippen LogP contribution is -2.60. The van der Waals surface area contributed by atoms with Crippen molar-refractivity contribution in [2.24, 2.45) is 5.92 Å². The van der Waals surface area contributed by atoms with E-state index in [1.807, 2.05) is 36.4 Å². The number of nitrogens with zero attached hydrogens (tertiary/aromatic N) is 4. The summed E-state index contributed by atoms with van der Waals surface area (Å²) in [6.07, 6.45) is -2.81. The Morgan fingerprint density at radius 1 is 1.04 bits per heavy atom. The first-order chi connectivity index (χ1) is 24.9. The van der Waals surface area contributed by atoms with Crippen molar-refractivity contribution in [1.29, 1.82) is 0 Å². The number of aromatic nitrogens is 3. The summed E-state index contributed by atoms with van der Waals surface area (Å²) in [4.78, 5) is 28.2. The number of amides is 2. The van der Waals surface area contributed by atoms with E-state index in [1.54, 1.807) is 66.3 Å². The molecule has 1 saturated heterocycles. The molecule has 0 saturated carbocycles. The molecule has 15 heteroatoms. The molecule has 0 spiro atoms. The van der Waals surface area contributed by atoms with Crippen LogP contribution in [0.2, 0.25) is 5.02 Å². The van der Waals surface area contributed by atoms with E-state index < -0.39 is 54.0 Å². The van der Waals surface area contributed by atoms with Crippen molar-refractivity contribution in [3.8, 4) is 0 Å². The Hall–Kier alpha value is -4.51. The van der Waals surface area contributed by atoms with Crippen LogP contribution in [0.1, 0.15) is 41.6 Å². The SMILES string of the molecule is C[C@H](/C=C/CCn1cc(C(CO)c2ccccc2)nn1)[C@@]1(O)C(=O)N(Cc2ccc(NC(=O)[C@H]3O[C@@H](O)[C@H](O)[C@@H](O)[C@@H]3O)cc2)c2ccc(Cl)cc21. The monoisotopic (exact) mass is 733 g/mol. The van der Waals surface area contributed by atoms with Gasteiger partial charge in [0.2, 0.25) is 0 Å². The molecule has 274 valence electrons. The van der Waals surface area contributed by atoms with Crippen LogP contribution >= 0.6 is 11.6 Å². The van der Waals surface area contributed by atoms with Crippen molar-refractivity contribution in [3.05, 3.63) is 119 Å². The number of aliphatic hydroxyl groups is 6. The molecule has 1 aromatic heterocycles. The Labute approximate surface area is 304 Å². The standard InChI is InChI=1S/C37H40ClN5O9/c1-21(7-5-6-16-42-19-28(40-41-42)26(20-44)23-8-3-2-4-9-23)37(51)27-17-24(38)12-15-29(27)43(36(37)50)18-22-10-13-25(14-11-22)39-34(48)33-31(46)30(45)32(47)35(49)52-33/h2-5,7-15,17,19,21,26,30-33,35,44-47,49,51H,6,16,18,20H2,1H3,(H,39,48)/b7-5+/t21-,26?,30+,31+,32-,33+,35-,37+/m1/s1. The minimum atomic E-state index is -1.90. The number of carbonyl (C=O) groups is 2. The third-order valence-corrected chi connectivity index (χ3v) is 9.78. The maximum absolute atomic E-state index is 14.0. The molecule has 0 bridgehead atoms. The number of fused-ring (bicyclic) bond motifs is 1. The van der Waals surface area contributed by atoms with Crippen LogP contribution in [0, 0.1) is 5.92 Å². The van der Waals surface area contributed by atoms with Gasteiger partial charge in [-0.25, -0.2) is 0 Å². The van der Waals surface area contributed by atoms with Gasteiger partial charge < -0.3 is 45.6 Å². The first kappa shape index (κ1) is 37.3. The second kappa shape index (κ2) is 15.6. The second-order valence-corrected chi connectivity index (χ2v) is 13.4. The van der Waals surface area contributed by atoms with Gasteiger partial charge in [-0.2, -0.15) is 0 Å². The number of aryl methyl sites for hydroxylation is 1. The molecule has 0 radical (unpaired) electrons. The summed E-state index contributed by atoms with van der Waals surface area (Å²) in [5.41, 5.74) is 1.55. The van der Waals surface area contributed by atoms with Crippen LogP contribution in [-0.2, 0) is 33.0 Å². The number of anilines is 2. The van der Waals surface area contributed by atoms with Crippen molar-refractivity contribution in [2.75, 3.05) is 16.8 Å². The summed E-state index contributed by atoms with van der Waals surface area (Å²) in [5.74, 6) is -2.30. The maximum Gasteiger partial charge on any atom is 0.264 e. The smallest absolute Gasteiger partial charge is 0.264 e. The Morgan fingerprint density at radius 3 is 2.48 bits per heavy atom. The fourth-order valence-corrected chi connectivity index (χ4v) is 6.70. The molecule has 3 heterocycles. The quantitative estimate of drug-likeness (QED) is 0.104. The number of carbonyl (C=O) groups excluding carboxylic acids is 2. The van der Waals surface area contributed by atoms with E-state index in [9.17, 15) is 40.2 Å². The van der Waals surface area contributed by atoms with Crippen molar-refractivity contribution in [3.63, 3.8) is 0 Å². The normalized spacial score (nSPS) is 25.7. The number of rotatable bonds is 12. The van der Waals surface area contributed by atoms with Gasteiger partial charge in [-0.3, -0.25) is 14.3 Å². The Kier molecular flexibility index (Phi) is 11.2. The van der Waals surface area contributed by atoms with E-state index in [4.69, 9.17) is 16.3 Å². The van der Waals surface area contributed by atoms with Gasteiger partial charge in [-0.05, 0) is 47.9 Å². The maximum atomic E-state index is 14.0. The highest BCUT2D eigenvalue weighted by molar-refractivity contribution is 6.31. The zero-order chi connectivity index (χ0) is 37.2. The molecule has 0 aliphatic carbocycles. The highest BCUT2D eigenvalue weighted by Crippen LogP contribution is 2.46. The summed E-state index contributed by atoms with van der Waals surface area (Å²) in [6.45, 7) is 2.23. The van der Waals surface area contributed by atoms with E-state index >= 15 is 0 Å². The van der Waals surface area contributed by atoms with Crippen LogP contribution < -0.4 is 10.2 Å². The largest absolute Gasteiger partial charge is 0.395 e. The minimum absolute atomic E-state index is 0.0909. The predicted molar refractivity (Wildman–Crippen MR) is 189 cm³/mol. The predicted octanol–water partition coefficient (Wildman–Crippen LogP) is 1.81. The van der Waals surface area contributed by atoms with Crippen LogP contribution in [0.25, 0.3) is 0 Å². The number of aliphatic hydroxyl groups excluding tert-OH is 5. The average molecular weight is 734 g/mol. The van der Waals surface area contributed by atoms with E-state index in [2.05, 4.69) is 15.6 Å². The highest BCUT2D eigenvalue weighted by Gasteiger charge is 2.52. The van der Waals surface area contributed by atoms with Crippen molar-refractivity contribution < 1.29 is 45.0 Å². The van der Waals surface area contributed by atoms with Crippen molar-refractivity contribution in [1.82, 2.24) is 15.0 Å². The summed E-state index contributed by atoms with van der Waals surface area (Å²) < 4.78 is 6.67. The third-order valence-electron chi connectivity index (χ3n) is 9.55. The lowest BCUT2D eigenvalue weighted by Gasteiger charge is -2.37. The number of ether oxygens (including phenoxy) is 1. The zero-order valence-corrected chi connectivity index (χ0v) is 28.9. The minimum Gasteiger partial charge on any atom is -0.395 e. The number of benzene rings is 3. The number of halogens is 1. The number of hydrogen-bond acceptors (Lipinski definition) is 11. The third kappa shape index (κ3) is 7.38. The molecule has 4 aromatic rings. The van der Waals surface area contributed by atoms with Crippen LogP contribution in [0.4, 0.5) is 11.4 Å². The van der Waals surface area contributed by atoms with Crippen LogP contribution in [-0.4, -0.2) is 94.8 Å². The molecule has 14 nitrogen and oxygen atoms in total. The molecule has 6 rings (SSSR count). The van der Waals surface area contributed by atoms with Gasteiger partial charge in [0.05, 0.1) is 30.5 Å². The molecule has 1 unspecified atom stereocenters. The summed E-state index contributed by atoms with van der Waals surface area (Å²) in [6, 6.07) is 21.0. The fourth-order valence-electron chi connectivity index (χ4n) is 6.53. The lowest BCUT2D eigenvalue weighted by atomic mass is 9.83. The van der Waals surface area contributed by atoms with Crippen LogP contribution in [0.5, 0.6) is 0 Å². The number of allylic oxidation sites excluding steroid dienone is 1. The molecule has 2 aliphatic heterocycles. The van der Waals surface area contributed by atoms with Gasteiger partial charge in [-0.1, -0.05) is 78.4 Å². The molecule has 2 amide bonds. The van der Waals surface area contributed by atoms with Gasteiger partial charge in [0.25, 0.3) is 11.8 Å². The van der Waals surface area contributed by atoms with Gasteiger partial charge in [0.15, 0.2) is 18.0 Å². The van der Waals surface area contributed by atoms with Gasteiger partial charge in [0, 0.05) is 34.9 Å². The van der Waals surface area contributed by atoms with Crippen molar-refractivity contribution >= 4 is 34.8 Å². The molecule has 2 aliphatic rings. The molecule has 8 atom stereocenters. The van der Waals surface area contributed by atoms with E-state index in [1.165, 1.54) is 4.90 Å². The summed E-state index contributed by atoms with van der Waals surface area (Å²) >= 11 is 6.34. The van der Waals surface area contributed by atoms with Gasteiger partial charge in [-0.15, -0.1) is 5.10 Å². The molecule has 52 heavy (non-hydrogen) atoms. The average Bonchev–Trinajstić information content (AvgIpc) is 3.69. The van der Waals surface area contributed by atoms with E-state index in [0.29, 0.717) is 46.2 Å². The molecule has 1 fully saturated rings. The Morgan fingerprint density at radius 2 is 1.77 bits per heavy atom. The molecular weight excluding hydrogens is 694 g/mol. The molecular formula is C37H40ClN5O9.